The zero-order valence-corrected chi connectivity index (χ0v) is 19.3. The van der Waals surface area contributed by atoms with E-state index in [0.717, 1.165) is 19.5 Å². The van der Waals surface area contributed by atoms with E-state index in [4.69, 9.17) is 0 Å². The number of fused-ring (bicyclic) bond motifs is 1. The van der Waals surface area contributed by atoms with Crippen molar-refractivity contribution in [2.24, 2.45) is 0 Å². The van der Waals surface area contributed by atoms with Crippen LogP contribution in [0, 0.1) is 0 Å². The number of benzene rings is 2. The molecule has 0 aliphatic carbocycles. The summed E-state index contributed by atoms with van der Waals surface area (Å²) in [6.45, 7) is 6.37. The lowest BCUT2D eigenvalue weighted by Gasteiger charge is -2.35. The van der Waals surface area contributed by atoms with Crippen LogP contribution in [0.25, 0.3) is 0 Å². The molecule has 2 amide bonds. The smallest absolute Gasteiger partial charge is 0.313 e. The second-order valence-corrected chi connectivity index (χ2v) is 9.28. The summed E-state index contributed by atoms with van der Waals surface area (Å²) in [6.07, 6.45) is 0.984. The van der Waals surface area contributed by atoms with Gasteiger partial charge in [-0.1, -0.05) is 50.2 Å². The van der Waals surface area contributed by atoms with Gasteiger partial charge in [0.1, 0.15) is 0 Å². The number of carbonyl (C=O) groups is 2. The van der Waals surface area contributed by atoms with Gasteiger partial charge in [0.2, 0.25) is 0 Å². The molecule has 1 atom stereocenters. The maximum absolute atomic E-state index is 12.5. The standard InChI is InChI=1S/C26H29N3O2S/c1-18(2)19-7-9-23(10-8-19)28-26(31)25(30)27-15-24(22-12-14-32-17-22)29-13-11-20-5-3-4-6-21(20)16-29/h3-10,12,14,17-18,24H,11,13,15-16H2,1-2H3,(H,27,30)(H,28,31)/t24-/m1/s1. The zero-order chi connectivity index (χ0) is 22.5. The Morgan fingerprint density at radius 1 is 0.969 bits per heavy atom. The third-order valence-corrected chi connectivity index (χ3v) is 6.73. The molecule has 0 saturated heterocycles. The van der Waals surface area contributed by atoms with Crippen LogP contribution in [0.15, 0.2) is 65.4 Å². The molecule has 0 bridgehead atoms. The molecule has 5 nitrogen and oxygen atoms in total. The third-order valence-electron chi connectivity index (χ3n) is 6.03. The fourth-order valence-electron chi connectivity index (χ4n) is 4.11. The Hall–Kier alpha value is -2.96. The van der Waals surface area contributed by atoms with Crippen molar-refractivity contribution < 1.29 is 9.59 Å². The first kappa shape index (κ1) is 22.2. The molecule has 6 heteroatoms. The maximum atomic E-state index is 12.5. The molecule has 0 radical (unpaired) electrons. The fourth-order valence-corrected chi connectivity index (χ4v) is 4.82. The molecule has 3 aromatic rings. The van der Waals surface area contributed by atoms with Crippen LogP contribution in [0.2, 0.25) is 0 Å². The number of thiophene rings is 1. The first-order chi connectivity index (χ1) is 15.5. The summed E-state index contributed by atoms with van der Waals surface area (Å²) in [5.74, 6) is -0.843. The lowest BCUT2D eigenvalue weighted by Crippen LogP contribution is -2.43. The highest BCUT2D eigenvalue weighted by Gasteiger charge is 2.26. The summed E-state index contributed by atoms with van der Waals surface area (Å²) in [6, 6.07) is 18.2. The summed E-state index contributed by atoms with van der Waals surface area (Å²) >= 11 is 1.64. The molecule has 166 valence electrons. The molecule has 0 fully saturated rings. The van der Waals surface area contributed by atoms with Crippen molar-refractivity contribution >= 4 is 28.8 Å². The van der Waals surface area contributed by atoms with Crippen LogP contribution >= 0.6 is 11.3 Å². The van der Waals surface area contributed by atoms with Gasteiger partial charge in [-0.2, -0.15) is 11.3 Å². The van der Waals surface area contributed by atoms with E-state index in [1.54, 1.807) is 11.3 Å². The molecule has 1 aromatic heterocycles. The van der Waals surface area contributed by atoms with Gasteiger partial charge in [-0.15, -0.1) is 0 Å². The Bertz CT molecular complexity index is 1060. The quantitative estimate of drug-likeness (QED) is 0.537. The molecule has 1 aliphatic heterocycles. The van der Waals surface area contributed by atoms with Gasteiger partial charge in [-0.05, 0) is 63.6 Å². The number of carbonyl (C=O) groups excluding carboxylic acids is 2. The molecule has 2 aromatic carbocycles. The van der Waals surface area contributed by atoms with Crippen LogP contribution in [0.4, 0.5) is 5.69 Å². The van der Waals surface area contributed by atoms with Crippen molar-refractivity contribution in [1.82, 2.24) is 10.2 Å². The van der Waals surface area contributed by atoms with Crippen LogP contribution in [0.1, 0.15) is 48.1 Å². The second-order valence-electron chi connectivity index (χ2n) is 8.50. The minimum Gasteiger partial charge on any atom is -0.346 e. The minimum absolute atomic E-state index is 0.0247. The Kier molecular flexibility index (Phi) is 7.02. The van der Waals surface area contributed by atoms with Crippen LogP contribution in [-0.4, -0.2) is 29.8 Å². The van der Waals surface area contributed by atoms with E-state index in [1.165, 1.54) is 22.3 Å². The number of anilines is 1. The Morgan fingerprint density at radius 3 is 2.41 bits per heavy atom. The highest BCUT2D eigenvalue weighted by atomic mass is 32.1. The van der Waals surface area contributed by atoms with Crippen LogP contribution in [0.5, 0.6) is 0 Å². The molecule has 4 rings (SSSR count). The number of rotatable bonds is 6. The number of hydrogen-bond acceptors (Lipinski definition) is 4. The predicted molar refractivity (Wildman–Crippen MR) is 130 cm³/mol. The number of hydrogen-bond donors (Lipinski definition) is 2. The van der Waals surface area contributed by atoms with Crippen molar-refractivity contribution in [1.29, 1.82) is 0 Å². The average molecular weight is 448 g/mol. The van der Waals surface area contributed by atoms with E-state index < -0.39 is 11.8 Å². The number of amides is 2. The van der Waals surface area contributed by atoms with Crippen LogP contribution in [0.3, 0.4) is 0 Å². The van der Waals surface area contributed by atoms with E-state index in [9.17, 15) is 9.59 Å². The molecule has 32 heavy (non-hydrogen) atoms. The Balaban J connectivity index is 1.39. The topological polar surface area (TPSA) is 61.4 Å². The SMILES string of the molecule is CC(C)c1ccc(NC(=O)C(=O)NC[C@H](c2ccsc2)N2CCc3ccccc3C2)cc1. The normalized spacial score (nSPS) is 14.6. The lowest BCUT2D eigenvalue weighted by molar-refractivity contribution is -0.136. The summed E-state index contributed by atoms with van der Waals surface area (Å²) in [5, 5.41) is 9.72. The van der Waals surface area contributed by atoms with Crippen molar-refractivity contribution in [3.05, 3.63) is 87.6 Å². The molecule has 2 N–H and O–H groups in total. The first-order valence-electron chi connectivity index (χ1n) is 11.0. The predicted octanol–water partition coefficient (Wildman–Crippen LogP) is 4.73. The minimum atomic E-state index is -0.643. The monoisotopic (exact) mass is 447 g/mol. The summed E-state index contributed by atoms with van der Waals surface area (Å²) in [7, 11) is 0. The third kappa shape index (κ3) is 5.26. The van der Waals surface area contributed by atoms with Gasteiger partial charge < -0.3 is 10.6 Å². The maximum Gasteiger partial charge on any atom is 0.313 e. The summed E-state index contributed by atoms with van der Waals surface area (Å²) < 4.78 is 0. The molecule has 2 heterocycles. The highest BCUT2D eigenvalue weighted by molar-refractivity contribution is 7.08. The largest absolute Gasteiger partial charge is 0.346 e. The average Bonchev–Trinajstić information content (AvgIpc) is 3.34. The van der Waals surface area contributed by atoms with Gasteiger partial charge >= 0.3 is 11.8 Å². The van der Waals surface area contributed by atoms with E-state index >= 15 is 0 Å². The van der Waals surface area contributed by atoms with Crippen molar-refractivity contribution in [3.8, 4) is 0 Å². The molecule has 0 spiro atoms. The van der Waals surface area contributed by atoms with E-state index in [0.29, 0.717) is 18.2 Å². The van der Waals surface area contributed by atoms with Crippen LogP contribution < -0.4 is 10.6 Å². The van der Waals surface area contributed by atoms with Gasteiger partial charge in [0.05, 0.1) is 6.04 Å². The number of nitrogens with one attached hydrogen (secondary N) is 2. The molecular formula is C26H29N3O2S. The van der Waals surface area contributed by atoms with Gasteiger partial charge in [-0.3, -0.25) is 14.5 Å². The van der Waals surface area contributed by atoms with Crippen molar-refractivity contribution in [3.63, 3.8) is 0 Å². The van der Waals surface area contributed by atoms with Gasteiger partial charge in [-0.25, -0.2) is 0 Å². The van der Waals surface area contributed by atoms with Crippen molar-refractivity contribution in [2.75, 3.05) is 18.4 Å². The fraction of sp³-hybridized carbons (Fsp3) is 0.308. The molecule has 1 aliphatic rings. The highest BCUT2D eigenvalue weighted by Crippen LogP contribution is 2.28. The Morgan fingerprint density at radius 2 is 1.72 bits per heavy atom. The molecule has 0 unspecified atom stereocenters. The van der Waals surface area contributed by atoms with Gasteiger partial charge in [0.15, 0.2) is 0 Å². The van der Waals surface area contributed by atoms with Crippen molar-refractivity contribution in [2.45, 2.75) is 38.8 Å². The summed E-state index contributed by atoms with van der Waals surface area (Å²) in [5.41, 5.74) is 5.69. The first-order valence-corrected chi connectivity index (χ1v) is 12.0. The number of nitrogens with zero attached hydrogens (tertiary/aromatic N) is 1. The van der Waals surface area contributed by atoms with E-state index in [2.05, 4.69) is 70.5 Å². The lowest BCUT2D eigenvalue weighted by atomic mass is 9.97. The van der Waals surface area contributed by atoms with E-state index in [-0.39, 0.29) is 6.04 Å². The Labute approximate surface area is 193 Å². The molecule has 0 saturated carbocycles. The van der Waals surface area contributed by atoms with Gasteiger partial charge in [0.25, 0.3) is 0 Å². The second kappa shape index (κ2) is 10.1. The zero-order valence-electron chi connectivity index (χ0n) is 18.5. The van der Waals surface area contributed by atoms with Crippen LogP contribution in [-0.2, 0) is 22.6 Å². The summed E-state index contributed by atoms with van der Waals surface area (Å²) in [4.78, 5) is 27.4. The van der Waals surface area contributed by atoms with Gasteiger partial charge in [0, 0.05) is 25.3 Å². The molecular weight excluding hydrogens is 418 g/mol. The van der Waals surface area contributed by atoms with E-state index in [1.807, 2.05) is 24.3 Å².